The van der Waals surface area contributed by atoms with Crippen molar-refractivity contribution in [3.63, 3.8) is 0 Å². The van der Waals surface area contributed by atoms with E-state index in [2.05, 4.69) is 0 Å². The van der Waals surface area contributed by atoms with Gasteiger partial charge in [0, 0.05) is 38.5 Å². The number of fused-ring (bicyclic) bond motifs is 1. The second-order valence-corrected chi connectivity index (χ2v) is 8.43. The number of hydrogen-bond acceptors (Lipinski definition) is 3. The van der Waals surface area contributed by atoms with Crippen LogP contribution in [0.2, 0.25) is 0 Å². The van der Waals surface area contributed by atoms with Crippen LogP contribution in [0, 0.1) is 5.82 Å². The van der Waals surface area contributed by atoms with Crippen LogP contribution < -0.4 is 0 Å². The third-order valence-electron chi connectivity index (χ3n) is 6.30. The number of hydrogen-bond donors (Lipinski definition) is 0. The van der Waals surface area contributed by atoms with Gasteiger partial charge in [-0.3, -0.25) is 9.59 Å². The Morgan fingerprint density at radius 1 is 1.06 bits per heavy atom. The van der Waals surface area contributed by atoms with Gasteiger partial charge in [0.25, 0.3) is 0 Å². The smallest absolute Gasteiger partial charge is 0.242 e. The SMILES string of the molecule is O=C(Cn1c(C2CC(=O)N(Cc3ccc(F)cc3)C2)nc2ccccc21)N1CCCC1. The summed E-state index contributed by atoms with van der Waals surface area (Å²) >= 11 is 0. The van der Waals surface area contributed by atoms with E-state index in [9.17, 15) is 14.0 Å². The van der Waals surface area contributed by atoms with Crippen molar-refractivity contribution >= 4 is 22.8 Å². The zero-order chi connectivity index (χ0) is 21.4. The normalized spacial score (nSPS) is 19.0. The zero-order valence-electron chi connectivity index (χ0n) is 17.3. The van der Waals surface area contributed by atoms with Crippen LogP contribution in [0.25, 0.3) is 11.0 Å². The Morgan fingerprint density at radius 3 is 2.58 bits per heavy atom. The van der Waals surface area contributed by atoms with Crippen LogP contribution >= 0.6 is 0 Å². The quantitative estimate of drug-likeness (QED) is 0.636. The topological polar surface area (TPSA) is 58.4 Å². The highest BCUT2D eigenvalue weighted by atomic mass is 19.1. The van der Waals surface area contributed by atoms with E-state index in [0.717, 1.165) is 48.4 Å². The molecule has 5 rings (SSSR count). The molecule has 0 radical (unpaired) electrons. The molecule has 2 aliphatic heterocycles. The molecule has 3 aromatic rings. The molecule has 0 N–H and O–H groups in total. The predicted octanol–water partition coefficient (Wildman–Crippen LogP) is 3.31. The molecular formula is C24H25FN4O2. The lowest BCUT2D eigenvalue weighted by Gasteiger charge is -2.19. The van der Waals surface area contributed by atoms with Gasteiger partial charge in [-0.15, -0.1) is 0 Å². The number of nitrogens with zero attached hydrogens (tertiary/aromatic N) is 4. The maximum Gasteiger partial charge on any atom is 0.242 e. The highest BCUT2D eigenvalue weighted by molar-refractivity contribution is 5.83. The maximum absolute atomic E-state index is 13.2. The minimum Gasteiger partial charge on any atom is -0.341 e. The summed E-state index contributed by atoms with van der Waals surface area (Å²) in [6, 6.07) is 14.1. The summed E-state index contributed by atoms with van der Waals surface area (Å²) in [6.07, 6.45) is 2.47. The van der Waals surface area contributed by atoms with Crippen molar-refractivity contribution in [1.82, 2.24) is 19.4 Å². The molecule has 160 valence electrons. The molecule has 0 aliphatic carbocycles. The number of halogens is 1. The Balaban J connectivity index is 1.40. The molecule has 2 fully saturated rings. The number of carbonyl (C=O) groups is 2. The standard InChI is InChI=1S/C24H25FN4O2/c25-19-9-7-17(8-10-19)14-28-15-18(13-22(28)30)24-26-20-5-1-2-6-21(20)29(24)16-23(31)27-11-3-4-12-27/h1-2,5-10,18H,3-4,11-16H2. The monoisotopic (exact) mass is 420 g/mol. The van der Waals surface area contributed by atoms with Gasteiger partial charge in [-0.1, -0.05) is 24.3 Å². The molecule has 2 aliphatic rings. The van der Waals surface area contributed by atoms with Gasteiger partial charge in [-0.25, -0.2) is 9.37 Å². The van der Waals surface area contributed by atoms with Crippen molar-refractivity contribution in [2.45, 2.75) is 38.3 Å². The molecule has 1 aromatic heterocycles. The van der Waals surface area contributed by atoms with E-state index in [1.807, 2.05) is 33.7 Å². The first kappa shape index (κ1) is 19.7. The van der Waals surface area contributed by atoms with Crippen molar-refractivity contribution in [2.75, 3.05) is 19.6 Å². The second kappa shape index (κ2) is 8.13. The number of benzene rings is 2. The molecule has 2 saturated heterocycles. The fourth-order valence-electron chi connectivity index (χ4n) is 4.68. The van der Waals surface area contributed by atoms with Gasteiger partial charge in [0.05, 0.1) is 11.0 Å². The minimum atomic E-state index is -0.286. The Bertz CT molecular complexity index is 1120. The third-order valence-corrected chi connectivity index (χ3v) is 6.30. The third kappa shape index (κ3) is 3.92. The Hall–Kier alpha value is -3.22. The average molecular weight is 420 g/mol. The molecule has 2 aromatic carbocycles. The Kier molecular flexibility index (Phi) is 5.18. The maximum atomic E-state index is 13.2. The predicted molar refractivity (Wildman–Crippen MR) is 115 cm³/mol. The van der Waals surface area contributed by atoms with Gasteiger partial charge in [-0.2, -0.15) is 0 Å². The van der Waals surface area contributed by atoms with Gasteiger partial charge in [-0.05, 0) is 42.7 Å². The summed E-state index contributed by atoms with van der Waals surface area (Å²) in [7, 11) is 0. The molecule has 1 unspecified atom stereocenters. The van der Waals surface area contributed by atoms with Crippen molar-refractivity contribution in [3.05, 3.63) is 65.7 Å². The Morgan fingerprint density at radius 2 is 1.81 bits per heavy atom. The molecule has 0 saturated carbocycles. The minimum absolute atomic E-state index is 0.0544. The number of amides is 2. The van der Waals surface area contributed by atoms with Crippen LogP contribution in [-0.2, 0) is 22.7 Å². The van der Waals surface area contributed by atoms with E-state index in [0.29, 0.717) is 19.5 Å². The van der Waals surface area contributed by atoms with E-state index < -0.39 is 0 Å². The lowest BCUT2D eigenvalue weighted by Crippen LogP contribution is -2.32. The number of imidazole rings is 1. The average Bonchev–Trinajstić information content (AvgIpc) is 3.50. The summed E-state index contributed by atoms with van der Waals surface area (Å²) in [5.74, 6) is 0.592. The molecule has 6 nitrogen and oxygen atoms in total. The van der Waals surface area contributed by atoms with E-state index in [1.165, 1.54) is 12.1 Å². The molecule has 1 atom stereocenters. The largest absolute Gasteiger partial charge is 0.341 e. The van der Waals surface area contributed by atoms with E-state index in [4.69, 9.17) is 4.98 Å². The van der Waals surface area contributed by atoms with Crippen LogP contribution in [0.4, 0.5) is 4.39 Å². The summed E-state index contributed by atoms with van der Waals surface area (Å²) < 4.78 is 15.2. The van der Waals surface area contributed by atoms with Crippen LogP contribution in [-0.4, -0.2) is 50.8 Å². The van der Waals surface area contributed by atoms with Crippen molar-refractivity contribution in [3.8, 4) is 0 Å². The molecule has 3 heterocycles. The molecule has 0 bridgehead atoms. The Labute approximate surface area is 180 Å². The van der Waals surface area contributed by atoms with Crippen molar-refractivity contribution in [2.24, 2.45) is 0 Å². The first-order chi connectivity index (χ1) is 15.1. The number of para-hydroxylation sites is 2. The number of likely N-dealkylation sites (tertiary alicyclic amines) is 2. The first-order valence-electron chi connectivity index (χ1n) is 10.8. The number of rotatable bonds is 5. The summed E-state index contributed by atoms with van der Waals surface area (Å²) in [6.45, 7) is 2.86. The summed E-state index contributed by atoms with van der Waals surface area (Å²) in [5, 5.41) is 0. The van der Waals surface area contributed by atoms with E-state index in [-0.39, 0.29) is 30.1 Å². The molecular weight excluding hydrogens is 395 g/mol. The van der Waals surface area contributed by atoms with Crippen molar-refractivity contribution in [1.29, 1.82) is 0 Å². The van der Waals surface area contributed by atoms with Gasteiger partial charge in [0.2, 0.25) is 11.8 Å². The van der Waals surface area contributed by atoms with Gasteiger partial charge in [0.1, 0.15) is 18.2 Å². The van der Waals surface area contributed by atoms with Crippen LogP contribution in [0.3, 0.4) is 0 Å². The van der Waals surface area contributed by atoms with Crippen molar-refractivity contribution < 1.29 is 14.0 Å². The highest BCUT2D eigenvalue weighted by Crippen LogP contribution is 2.31. The lowest BCUT2D eigenvalue weighted by atomic mass is 10.1. The lowest BCUT2D eigenvalue weighted by molar-refractivity contribution is -0.130. The number of aromatic nitrogens is 2. The first-order valence-corrected chi connectivity index (χ1v) is 10.8. The van der Waals surface area contributed by atoms with E-state index in [1.54, 1.807) is 17.0 Å². The van der Waals surface area contributed by atoms with E-state index >= 15 is 0 Å². The van der Waals surface area contributed by atoms with Crippen LogP contribution in [0.15, 0.2) is 48.5 Å². The molecule has 0 spiro atoms. The fourth-order valence-corrected chi connectivity index (χ4v) is 4.68. The van der Waals surface area contributed by atoms with Crippen LogP contribution in [0.1, 0.15) is 36.6 Å². The summed E-state index contributed by atoms with van der Waals surface area (Å²) in [4.78, 5) is 34.2. The number of carbonyl (C=O) groups excluding carboxylic acids is 2. The summed E-state index contributed by atoms with van der Waals surface area (Å²) in [5.41, 5.74) is 2.67. The van der Waals surface area contributed by atoms with Crippen LogP contribution in [0.5, 0.6) is 0 Å². The fraction of sp³-hybridized carbons (Fsp3) is 0.375. The van der Waals surface area contributed by atoms with Gasteiger partial charge < -0.3 is 14.4 Å². The zero-order valence-corrected chi connectivity index (χ0v) is 17.3. The second-order valence-electron chi connectivity index (χ2n) is 8.43. The highest BCUT2D eigenvalue weighted by Gasteiger charge is 2.34. The van der Waals surface area contributed by atoms with Gasteiger partial charge in [0.15, 0.2) is 0 Å². The van der Waals surface area contributed by atoms with Gasteiger partial charge >= 0.3 is 0 Å². The molecule has 7 heteroatoms. The molecule has 31 heavy (non-hydrogen) atoms. The molecule has 2 amide bonds.